The Hall–Kier alpha value is -1.19. The zero-order valence-corrected chi connectivity index (χ0v) is 9.78. The van der Waals surface area contributed by atoms with Gasteiger partial charge in [0.05, 0.1) is 12.0 Å². The molecule has 0 aliphatic heterocycles. The van der Waals surface area contributed by atoms with Crippen LogP contribution in [-0.4, -0.2) is 30.2 Å². The minimum Gasteiger partial charge on any atom is -0.490 e. The highest BCUT2D eigenvalue weighted by molar-refractivity contribution is 6.18. The van der Waals surface area contributed by atoms with E-state index in [9.17, 15) is 5.11 Å². The Morgan fingerprint density at radius 1 is 1.44 bits per heavy atom. The number of hydrogen-bond acceptors (Lipinski definition) is 3. The van der Waals surface area contributed by atoms with Crippen LogP contribution in [0.3, 0.4) is 0 Å². The van der Waals surface area contributed by atoms with Gasteiger partial charge in [-0.1, -0.05) is 12.7 Å². The number of nitrogens with one attached hydrogen (secondary N) is 1. The fourth-order valence-electron chi connectivity index (χ4n) is 1.11. The van der Waals surface area contributed by atoms with Gasteiger partial charge in [0.1, 0.15) is 12.4 Å². The van der Waals surface area contributed by atoms with Gasteiger partial charge in [0.2, 0.25) is 0 Å². The Balaban J connectivity index is 2.41. The predicted octanol–water partition coefficient (Wildman–Crippen LogP) is 2.26. The molecule has 1 rings (SSSR count). The molecule has 0 saturated carbocycles. The van der Waals surface area contributed by atoms with Crippen LogP contribution in [0.15, 0.2) is 36.9 Å². The quantitative estimate of drug-likeness (QED) is 0.568. The number of anilines is 1. The topological polar surface area (TPSA) is 41.5 Å². The summed E-state index contributed by atoms with van der Waals surface area (Å²) in [5.74, 6) is 1.02. The number of benzene rings is 1. The van der Waals surface area contributed by atoms with Crippen molar-refractivity contribution >= 4 is 17.3 Å². The van der Waals surface area contributed by atoms with Gasteiger partial charge in [-0.2, -0.15) is 0 Å². The molecular formula is C12H16ClNO2. The number of ether oxygens (including phenoxy) is 1. The van der Waals surface area contributed by atoms with Crippen molar-refractivity contribution in [3.05, 3.63) is 36.9 Å². The summed E-state index contributed by atoms with van der Waals surface area (Å²) in [6, 6.07) is 7.50. The first kappa shape index (κ1) is 12.9. The third-order valence-corrected chi connectivity index (χ3v) is 2.30. The molecular weight excluding hydrogens is 226 g/mol. The summed E-state index contributed by atoms with van der Waals surface area (Å²) in [6.45, 7) is 4.51. The highest BCUT2D eigenvalue weighted by atomic mass is 35.5. The van der Waals surface area contributed by atoms with E-state index in [-0.39, 0.29) is 5.88 Å². The van der Waals surface area contributed by atoms with Gasteiger partial charge in [0.15, 0.2) is 0 Å². The molecule has 0 bridgehead atoms. The average Bonchev–Trinajstić information content (AvgIpc) is 2.34. The normalized spacial score (nSPS) is 11.9. The third-order valence-electron chi connectivity index (χ3n) is 1.94. The van der Waals surface area contributed by atoms with Crippen molar-refractivity contribution < 1.29 is 9.84 Å². The molecule has 0 aliphatic rings. The van der Waals surface area contributed by atoms with Crippen molar-refractivity contribution in [3.63, 3.8) is 0 Å². The number of aliphatic hydroxyl groups excluding tert-OH is 1. The molecule has 16 heavy (non-hydrogen) atoms. The molecule has 0 aliphatic carbocycles. The van der Waals surface area contributed by atoms with Crippen molar-refractivity contribution in [1.29, 1.82) is 0 Å². The van der Waals surface area contributed by atoms with Crippen LogP contribution in [0.2, 0.25) is 0 Å². The van der Waals surface area contributed by atoms with E-state index in [1.54, 1.807) is 6.08 Å². The first-order valence-corrected chi connectivity index (χ1v) is 5.61. The fourth-order valence-corrected chi connectivity index (χ4v) is 1.22. The lowest BCUT2D eigenvalue weighted by Gasteiger charge is -2.10. The maximum Gasteiger partial charge on any atom is 0.119 e. The molecule has 0 heterocycles. The molecule has 0 saturated heterocycles. The SMILES string of the molecule is C=CCOc1ccc(NCC(O)CCl)cc1. The van der Waals surface area contributed by atoms with E-state index in [4.69, 9.17) is 16.3 Å². The summed E-state index contributed by atoms with van der Waals surface area (Å²) >= 11 is 5.48. The van der Waals surface area contributed by atoms with Crippen LogP contribution in [-0.2, 0) is 0 Å². The molecule has 0 fully saturated rings. The van der Waals surface area contributed by atoms with Gasteiger partial charge in [-0.05, 0) is 24.3 Å². The highest BCUT2D eigenvalue weighted by Crippen LogP contribution is 2.15. The van der Waals surface area contributed by atoms with Gasteiger partial charge < -0.3 is 15.2 Å². The molecule has 0 spiro atoms. The summed E-state index contributed by atoms with van der Waals surface area (Å²) < 4.78 is 5.34. The Morgan fingerprint density at radius 2 is 2.12 bits per heavy atom. The van der Waals surface area contributed by atoms with Crippen LogP contribution in [0.1, 0.15) is 0 Å². The molecule has 1 aromatic rings. The van der Waals surface area contributed by atoms with E-state index in [0.717, 1.165) is 11.4 Å². The second kappa shape index (κ2) is 7.14. The number of alkyl halides is 1. The molecule has 0 amide bonds. The van der Waals surface area contributed by atoms with Gasteiger partial charge in [0, 0.05) is 12.2 Å². The van der Waals surface area contributed by atoms with Gasteiger partial charge in [0.25, 0.3) is 0 Å². The Morgan fingerprint density at radius 3 is 2.69 bits per heavy atom. The average molecular weight is 242 g/mol. The summed E-state index contributed by atoms with van der Waals surface area (Å²) in [5, 5.41) is 12.3. The van der Waals surface area contributed by atoms with Crippen molar-refractivity contribution in [3.8, 4) is 5.75 Å². The molecule has 4 heteroatoms. The molecule has 1 unspecified atom stereocenters. The largest absolute Gasteiger partial charge is 0.490 e. The maximum atomic E-state index is 9.26. The van der Waals surface area contributed by atoms with E-state index < -0.39 is 6.10 Å². The summed E-state index contributed by atoms with van der Waals surface area (Å²) in [6.07, 6.45) is 1.17. The van der Waals surface area contributed by atoms with Crippen LogP contribution in [0.5, 0.6) is 5.75 Å². The molecule has 1 aromatic carbocycles. The lowest BCUT2D eigenvalue weighted by Crippen LogP contribution is -2.20. The van der Waals surface area contributed by atoms with Crippen molar-refractivity contribution in [1.82, 2.24) is 0 Å². The van der Waals surface area contributed by atoms with E-state index in [0.29, 0.717) is 13.2 Å². The van der Waals surface area contributed by atoms with Gasteiger partial charge >= 0.3 is 0 Å². The summed E-state index contributed by atoms with van der Waals surface area (Å²) in [5.41, 5.74) is 0.926. The Labute approximate surface area is 101 Å². The number of aliphatic hydroxyl groups is 1. The van der Waals surface area contributed by atoms with E-state index in [1.165, 1.54) is 0 Å². The van der Waals surface area contributed by atoms with Crippen molar-refractivity contribution in [2.24, 2.45) is 0 Å². The smallest absolute Gasteiger partial charge is 0.119 e. The maximum absolute atomic E-state index is 9.26. The second-order valence-electron chi connectivity index (χ2n) is 3.31. The molecule has 3 nitrogen and oxygen atoms in total. The Bertz CT molecular complexity index is 313. The van der Waals surface area contributed by atoms with E-state index in [2.05, 4.69) is 11.9 Å². The van der Waals surface area contributed by atoms with Gasteiger partial charge in [-0.15, -0.1) is 11.6 Å². The van der Waals surface area contributed by atoms with Crippen LogP contribution >= 0.6 is 11.6 Å². The van der Waals surface area contributed by atoms with Crippen molar-refractivity contribution in [2.45, 2.75) is 6.10 Å². The zero-order chi connectivity index (χ0) is 11.8. The molecule has 0 aromatic heterocycles. The fraction of sp³-hybridized carbons (Fsp3) is 0.333. The molecule has 1 atom stereocenters. The molecule has 88 valence electrons. The third kappa shape index (κ3) is 4.55. The predicted molar refractivity (Wildman–Crippen MR) is 67.4 cm³/mol. The standard InChI is InChI=1S/C12H16ClNO2/c1-2-7-16-12-5-3-10(4-6-12)14-9-11(15)8-13/h2-6,11,14-15H,1,7-9H2. The first-order chi connectivity index (χ1) is 7.76. The van der Waals surface area contributed by atoms with E-state index in [1.807, 2.05) is 24.3 Å². The van der Waals surface area contributed by atoms with Crippen LogP contribution < -0.4 is 10.1 Å². The Kier molecular flexibility index (Phi) is 5.75. The highest BCUT2D eigenvalue weighted by Gasteiger charge is 2.01. The van der Waals surface area contributed by atoms with Crippen LogP contribution in [0.25, 0.3) is 0 Å². The summed E-state index contributed by atoms with van der Waals surface area (Å²) in [7, 11) is 0. The van der Waals surface area contributed by atoms with Crippen LogP contribution in [0.4, 0.5) is 5.69 Å². The number of halogens is 1. The van der Waals surface area contributed by atoms with Crippen molar-refractivity contribution in [2.75, 3.05) is 24.3 Å². The lowest BCUT2D eigenvalue weighted by atomic mass is 10.3. The number of hydrogen-bond donors (Lipinski definition) is 2. The lowest BCUT2D eigenvalue weighted by molar-refractivity contribution is 0.211. The van der Waals surface area contributed by atoms with Gasteiger partial charge in [-0.25, -0.2) is 0 Å². The molecule has 0 radical (unpaired) electrons. The van der Waals surface area contributed by atoms with Gasteiger partial charge in [-0.3, -0.25) is 0 Å². The first-order valence-electron chi connectivity index (χ1n) is 5.08. The van der Waals surface area contributed by atoms with Crippen LogP contribution in [0, 0.1) is 0 Å². The monoisotopic (exact) mass is 241 g/mol. The second-order valence-corrected chi connectivity index (χ2v) is 3.62. The minimum absolute atomic E-state index is 0.230. The summed E-state index contributed by atoms with van der Waals surface area (Å²) in [4.78, 5) is 0. The van der Waals surface area contributed by atoms with E-state index >= 15 is 0 Å². The molecule has 2 N–H and O–H groups in total. The minimum atomic E-state index is -0.529. The zero-order valence-electron chi connectivity index (χ0n) is 9.03. The number of rotatable bonds is 7.